The molecule has 0 radical (unpaired) electrons. The minimum Gasteiger partial charge on any atom is -0.380 e. The zero-order valence-electron chi connectivity index (χ0n) is 9.88. The first kappa shape index (κ1) is 11.1. The van der Waals surface area contributed by atoms with E-state index in [9.17, 15) is 4.39 Å². The lowest BCUT2D eigenvalue weighted by molar-refractivity contribution is 0.373. The number of nitrogens with one attached hydrogen (secondary N) is 1. The first-order valence-electron chi connectivity index (χ1n) is 6.08. The highest BCUT2D eigenvalue weighted by Gasteiger charge is 2.30. The van der Waals surface area contributed by atoms with Crippen LogP contribution in [0.3, 0.4) is 0 Å². The number of hydrogen-bond donors (Lipinski definition) is 1. The van der Waals surface area contributed by atoms with Crippen LogP contribution in [-0.2, 0) is 0 Å². The second kappa shape index (κ2) is 4.72. The minimum absolute atomic E-state index is 0.152. The molecule has 0 atom stereocenters. The van der Waals surface area contributed by atoms with Gasteiger partial charge in [-0.15, -0.1) is 0 Å². The Bertz CT molecular complexity index is 524. The van der Waals surface area contributed by atoms with E-state index < -0.39 is 0 Å². The number of anilines is 1. The Morgan fingerprint density at radius 1 is 1.17 bits per heavy atom. The molecule has 3 nitrogen and oxygen atoms in total. The van der Waals surface area contributed by atoms with Gasteiger partial charge in [-0.2, -0.15) is 0 Å². The van der Waals surface area contributed by atoms with Crippen LogP contribution in [0, 0.1) is 5.82 Å². The number of benzene rings is 1. The fourth-order valence-corrected chi connectivity index (χ4v) is 2.38. The molecule has 0 spiro atoms. The lowest BCUT2D eigenvalue weighted by Crippen LogP contribution is -2.34. The van der Waals surface area contributed by atoms with Gasteiger partial charge in [-0.1, -0.05) is 12.1 Å². The van der Waals surface area contributed by atoms with Gasteiger partial charge in [0.15, 0.2) is 0 Å². The Kier molecular flexibility index (Phi) is 2.92. The maximum Gasteiger partial charge on any atom is 0.123 e. The molecule has 0 unspecified atom stereocenters. The first-order chi connectivity index (χ1) is 8.81. The van der Waals surface area contributed by atoms with Gasteiger partial charge in [0.2, 0.25) is 0 Å². The molecular formula is C14H14FN3. The molecule has 1 aliphatic rings. The van der Waals surface area contributed by atoms with E-state index >= 15 is 0 Å². The van der Waals surface area contributed by atoms with Gasteiger partial charge in [0.1, 0.15) is 12.1 Å². The van der Waals surface area contributed by atoms with Crippen molar-refractivity contribution in [1.29, 1.82) is 0 Å². The quantitative estimate of drug-likeness (QED) is 0.900. The van der Waals surface area contributed by atoms with Gasteiger partial charge in [0.25, 0.3) is 0 Å². The second-order valence-corrected chi connectivity index (χ2v) is 4.69. The fourth-order valence-electron chi connectivity index (χ4n) is 2.38. The molecule has 1 aromatic heterocycles. The summed E-state index contributed by atoms with van der Waals surface area (Å²) in [7, 11) is 0. The lowest BCUT2D eigenvalue weighted by atomic mass is 9.76. The summed E-state index contributed by atoms with van der Waals surface area (Å²) in [6.07, 6.45) is 7.10. The van der Waals surface area contributed by atoms with Crippen LogP contribution in [0.15, 0.2) is 43.0 Å². The van der Waals surface area contributed by atoms with E-state index in [1.807, 2.05) is 6.07 Å². The fraction of sp³-hybridized carbons (Fsp3) is 0.286. The van der Waals surface area contributed by atoms with Crippen molar-refractivity contribution in [1.82, 2.24) is 9.97 Å². The van der Waals surface area contributed by atoms with Gasteiger partial charge in [0, 0.05) is 6.04 Å². The molecule has 18 heavy (non-hydrogen) atoms. The zero-order chi connectivity index (χ0) is 12.4. The Morgan fingerprint density at radius 3 is 2.67 bits per heavy atom. The van der Waals surface area contributed by atoms with Gasteiger partial charge >= 0.3 is 0 Å². The Labute approximate surface area is 105 Å². The topological polar surface area (TPSA) is 37.8 Å². The van der Waals surface area contributed by atoms with Crippen LogP contribution in [0.5, 0.6) is 0 Å². The SMILES string of the molecule is Fc1cccc(C2CC(Nc3cncnc3)C2)c1. The number of halogens is 1. The summed E-state index contributed by atoms with van der Waals surface area (Å²) in [4.78, 5) is 7.92. The minimum atomic E-state index is -0.152. The molecule has 0 amide bonds. The second-order valence-electron chi connectivity index (χ2n) is 4.69. The molecule has 1 heterocycles. The van der Waals surface area contributed by atoms with E-state index in [1.54, 1.807) is 24.5 Å². The summed E-state index contributed by atoms with van der Waals surface area (Å²) < 4.78 is 13.1. The molecular weight excluding hydrogens is 229 g/mol. The third kappa shape index (κ3) is 2.32. The molecule has 3 rings (SSSR count). The van der Waals surface area contributed by atoms with Crippen LogP contribution in [0.1, 0.15) is 24.3 Å². The Morgan fingerprint density at radius 2 is 1.94 bits per heavy atom. The molecule has 0 bridgehead atoms. The largest absolute Gasteiger partial charge is 0.380 e. The average Bonchev–Trinajstić information content (AvgIpc) is 2.34. The van der Waals surface area contributed by atoms with E-state index in [-0.39, 0.29) is 5.82 Å². The Balaban J connectivity index is 1.57. The first-order valence-corrected chi connectivity index (χ1v) is 6.08. The Hall–Kier alpha value is -1.97. The predicted octanol–water partition coefficient (Wildman–Crippen LogP) is 2.97. The van der Waals surface area contributed by atoms with Gasteiger partial charge in [0.05, 0.1) is 18.1 Å². The summed E-state index contributed by atoms with van der Waals surface area (Å²) in [5.41, 5.74) is 2.04. The normalized spacial score (nSPS) is 22.3. The van der Waals surface area contributed by atoms with Crippen LogP contribution in [0.25, 0.3) is 0 Å². The lowest BCUT2D eigenvalue weighted by Gasteiger charge is -2.36. The highest BCUT2D eigenvalue weighted by atomic mass is 19.1. The summed E-state index contributed by atoms with van der Waals surface area (Å²) >= 11 is 0. The monoisotopic (exact) mass is 243 g/mol. The average molecular weight is 243 g/mol. The number of hydrogen-bond acceptors (Lipinski definition) is 3. The summed E-state index contributed by atoms with van der Waals surface area (Å²) in [6.45, 7) is 0. The molecule has 1 aliphatic carbocycles. The molecule has 1 N–H and O–H groups in total. The van der Waals surface area contributed by atoms with Crippen LogP contribution < -0.4 is 5.32 Å². The standard InChI is InChI=1S/C14H14FN3/c15-12-3-1-2-10(4-12)11-5-13(6-11)18-14-7-16-9-17-8-14/h1-4,7-9,11,13,18H,5-6H2. The van der Waals surface area contributed by atoms with Crippen LogP contribution in [0.4, 0.5) is 10.1 Å². The number of rotatable bonds is 3. The van der Waals surface area contributed by atoms with E-state index in [1.165, 1.54) is 12.4 Å². The molecule has 2 aromatic rings. The molecule has 1 aromatic carbocycles. The third-order valence-corrected chi connectivity index (χ3v) is 3.39. The molecule has 4 heteroatoms. The van der Waals surface area contributed by atoms with E-state index in [0.717, 1.165) is 24.1 Å². The third-order valence-electron chi connectivity index (χ3n) is 3.39. The van der Waals surface area contributed by atoms with Crippen LogP contribution in [0.2, 0.25) is 0 Å². The highest BCUT2D eigenvalue weighted by molar-refractivity contribution is 5.40. The smallest absolute Gasteiger partial charge is 0.123 e. The van der Waals surface area contributed by atoms with Gasteiger partial charge in [-0.3, -0.25) is 0 Å². The maximum atomic E-state index is 13.1. The summed E-state index contributed by atoms with van der Waals surface area (Å²) in [5, 5.41) is 3.37. The predicted molar refractivity (Wildman–Crippen MR) is 67.8 cm³/mol. The van der Waals surface area contributed by atoms with Gasteiger partial charge in [-0.05, 0) is 36.5 Å². The van der Waals surface area contributed by atoms with Crippen molar-refractivity contribution in [2.75, 3.05) is 5.32 Å². The van der Waals surface area contributed by atoms with Crippen molar-refractivity contribution in [2.45, 2.75) is 24.8 Å². The van der Waals surface area contributed by atoms with Crippen LogP contribution >= 0.6 is 0 Å². The van der Waals surface area contributed by atoms with E-state index in [4.69, 9.17) is 0 Å². The number of aromatic nitrogens is 2. The van der Waals surface area contributed by atoms with Crippen molar-refractivity contribution in [3.05, 3.63) is 54.4 Å². The molecule has 1 saturated carbocycles. The maximum absolute atomic E-state index is 13.1. The van der Waals surface area contributed by atoms with Gasteiger partial charge in [-0.25, -0.2) is 14.4 Å². The zero-order valence-corrected chi connectivity index (χ0v) is 9.88. The van der Waals surface area contributed by atoms with Crippen molar-refractivity contribution >= 4 is 5.69 Å². The molecule has 1 fully saturated rings. The van der Waals surface area contributed by atoms with Crippen molar-refractivity contribution < 1.29 is 4.39 Å². The number of nitrogens with zero attached hydrogens (tertiary/aromatic N) is 2. The van der Waals surface area contributed by atoms with Crippen molar-refractivity contribution in [2.24, 2.45) is 0 Å². The van der Waals surface area contributed by atoms with Crippen molar-refractivity contribution in [3.63, 3.8) is 0 Å². The summed E-state index contributed by atoms with van der Waals surface area (Å²) in [5.74, 6) is 0.309. The highest BCUT2D eigenvalue weighted by Crippen LogP contribution is 2.38. The summed E-state index contributed by atoms with van der Waals surface area (Å²) in [6, 6.07) is 7.32. The van der Waals surface area contributed by atoms with E-state index in [0.29, 0.717) is 12.0 Å². The molecule has 92 valence electrons. The van der Waals surface area contributed by atoms with Crippen LogP contribution in [-0.4, -0.2) is 16.0 Å². The molecule has 0 aliphatic heterocycles. The van der Waals surface area contributed by atoms with Crippen molar-refractivity contribution in [3.8, 4) is 0 Å². The molecule has 0 saturated heterocycles. The van der Waals surface area contributed by atoms with E-state index in [2.05, 4.69) is 15.3 Å². The van der Waals surface area contributed by atoms with Gasteiger partial charge < -0.3 is 5.32 Å².